The number of halogens is 2. The molecule has 4 aliphatic carbocycles. The van der Waals surface area contributed by atoms with Crippen LogP contribution < -0.4 is 0 Å². The molecule has 3 fully saturated rings. The first-order valence-corrected chi connectivity index (χ1v) is 14.7. The molecule has 34 heavy (non-hydrogen) atoms. The van der Waals surface area contributed by atoms with Crippen molar-refractivity contribution < 1.29 is 15.0 Å². The van der Waals surface area contributed by atoms with Gasteiger partial charge in [-0.3, -0.25) is 0 Å². The second-order valence-corrected chi connectivity index (χ2v) is 13.9. The van der Waals surface area contributed by atoms with Crippen LogP contribution >= 0.6 is 23.2 Å². The summed E-state index contributed by atoms with van der Waals surface area (Å²) in [6.07, 6.45) is 17.2. The van der Waals surface area contributed by atoms with Gasteiger partial charge in [-0.05, 0) is 97.7 Å². The molecule has 0 radical (unpaired) electrons. The fourth-order valence-corrected chi connectivity index (χ4v) is 8.67. The zero-order valence-corrected chi connectivity index (χ0v) is 23.5. The average molecular weight is 516 g/mol. The fraction of sp³-hybridized carbons (Fsp3) is 0.897. The van der Waals surface area contributed by atoms with Crippen molar-refractivity contribution in [2.75, 3.05) is 0 Å². The molecule has 5 heteroatoms. The Balaban J connectivity index is 0.000000481. The van der Waals surface area contributed by atoms with Gasteiger partial charge in [0.2, 0.25) is 4.84 Å². The van der Waals surface area contributed by atoms with E-state index in [0.717, 1.165) is 48.3 Å². The Morgan fingerprint density at radius 2 is 1.74 bits per heavy atom. The number of allylic oxidation sites excluding steroid dienone is 1. The van der Waals surface area contributed by atoms with Crippen LogP contribution in [0.2, 0.25) is 0 Å². The lowest BCUT2D eigenvalue weighted by molar-refractivity contribution is -0.135. The van der Waals surface area contributed by atoms with Gasteiger partial charge in [-0.1, -0.05) is 88.7 Å². The molecule has 2 N–H and O–H groups in total. The third-order valence-electron chi connectivity index (χ3n) is 10.5. The molecule has 1 unspecified atom stereocenters. The standard InChI is InChI=1S/C27H46O.C2H2Cl2O2/c1-18(2)7-6-8-19(3)23-11-12-24-22-10-9-20-17-21(28)13-15-26(20,4)25(22)14-16-27(23,24)5;3-1(4)2(5)6/h9,18-19,21-25,28H,6-8,10-17H2,1-5H3;1H,(H,5,6)/t19?,21-,22-,23+,24-,25-,26-,27+;/m0./s1. The van der Waals surface area contributed by atoms with Gasteiger partial charge in [0, 0.05) is 0 Å². The molecule has 0 saturated heterocycles. The fourth-order valence-electron chi connectivity index (χ4n) is 8.67. The Labute approximate surface area is 218 Å². The highest BCUT2D eigenvalue weighted by Crippen LogP contribution is 2.67. The molecule has 0 amide bonds. The van der Waals surface area contributed by atoms with E-state index in [1.54, 1.807) is 5.57 Å². The molecule has 3 nitrogen and oxygen atoms in total. The van der Waals surface area contributed by atoms with Crippen molar-refractivity contribution in [2.45, 2.75) is 116 Å². The van der Waals surface area contributed by atoms with Gasteiger partial charge in [-0.2, -0.15) is 0 Å². The monoisotopic (exact) mass is 514 g/mol. The van der Waals surface area contributed by atoms with Gasteiger partial charge in [0.1, 0.15) is 0 Å². The summed E-state index contributed by atoms with van der Waals surface area (Å²) in [7, 11) is 0. The first kappa shape index (κ1) is 28.3. The number of alkyl halides is 2. The van der Waals surface area contributed by atoms with E-state index in [1.165, 1.54) is 57.8 Å². The minimum atomic E-state index is -1.29. The van der Waals surface area contributed by atoms with Gasteiger partial charge in [-0.15, -0.1) is 0 Å². The molecule has 4 rings (SSSR count). The average Bonchev–Trinajstić information content (AvgIpc) is 3.11. The highest BCUT2D eigenvalue weighted by Gasteiger charge is 2.59. The van der Waals surface area contributed by atoms with Crippen LogP contribution in [0.15, 0.2) is 11.6 Å². The zero-order valence-electron chi connectivity index (χ0n) is 22.0. The van der Waals surface area contributed by atoms with Crippen molar-refractivity contribution >= 4 is 29.2 Å². The quantitative estimate of drug-likeness (QED) is 0.277. The van der Waals surface area contributed by atoms with Crippen LogP contribution in [0, 0.1) is 46.3 Å². The highest BCUT2D eigenvalue weighted by molar-refractivity contribution is 6.52. The van der Waals surface area contributed by atoms with Crippen LogP contribution in [0.1, 0.15) is 105 Å². The van der Waals surface area contributed by atoms with Crippen molar-refractivity contribution in [1.82, 2.24) is 0 Å². The number of carboxylic acid groups (broad SMARTS) is 1. The van der Waals surface area contributed by atoms with Crippen LogP contribution in [0.3, 0.4) is 0 Å². The number of hydrogen-bond donors (Lipinski definition) is 2. The summed E-state index contributed by atoms with van der Waals surface area (Å²) in [5.74, 6) is 4.25. The minimum absolute atomic E-state index is 0.0766. The number of aliphatic hydroxyl groups is 1. The van der Waals surface area contributed by atoms with Crippen LogP contribution in [0.25, 0.3) is 0 Å². The molecule has 3 saturated carbocycles. The molecule has 8 atom stereocenters. The van der Waals surface area contributed by atoms with Gasteiger partial charge in [0.15, 0.2) is 0 Å². The zero-order chi connectivity index (χ0) is 25.3. The van der Waals surface area contributed by atoms with E-state index in [9.17, 15) is 9.90 Å². The van der Waals surface area contributed by atoms with E-state index in [-0.39, 0.29) is 6.10 Å². The Morgan fingerprint density at radius 1 is 1.06 bits per heavy atom. The maximum atomic E-state index is 10.2. The summed E-state index contributed by atoms with van der Waals surface area (Å²) in [5.41, 5.74) is 2.60. The van der Waals surface area contributed by atoms with Crippen LogP contribution in [-0.2, 0) is 4.79 Å². The number of fused-ring (bicyclic) bond motifs is 5. The highest BCUT2D eigenvalue weighted by atomic mass is 35.5. The van der Waals surface area contributed by atoms with Crippen molar-refractivity contribution in [3.8, 4) is 0 Å². The molecule has 0 bridgehead atoms. The van der Waals surface area contributed by atoms with Crippen molar-refractivity contribution in [3.63, 3.8) is 0 Å². The Bertz CT molecular complexity index is 735. The predicted molar refractivity (Wildman–Crippen MR) is 142 cm³/mol. The summed E-state index contributed by atoms with van der Waals surface area (Å²) < 4.78 is 0. The number of rotatable bonds is 6. The van der Waals surface area contributed by atoms with E-state index in [0.29, 0.717) is 10.8 Å². The van der Waals surface area contributed by atoms with Crippen LogP contribution in [-0.4, -0.2) is 27.1 Å². The molecule has 0 aromatic rings. The number of carbonyl (C=O) groups is 1. The maximum Gasteiger partial charge on any atom is 0.337 e. The van der Waals surface area contributed by atoms with Gasteiger partial charge in [-0.25, -0.2) is 4.79 Å². The van der Waals surface area contributed by atoms with Crippen molar-refractivity contribution in [3.05, 3.63) is 11.6 Å². The summed E-state index contributed by atoms with van der Waals surface area (Å²) >= 11 is 9.56. The lowest BCUT2D eigenvalue weighted by atomic mass is 9.47. The largest absolute Gasteiger partial charge is 0.479 e. The molecule has 0 aromatic carbocycles. The second kappa shape index (κ2) is 11.4. The van der Waals surface area contributed by atoms with E-state index in [2.05, 4.69) is 40.7 Å². The summed E-state index contributed by atoms with van der Waals surface area (Å²) in [4.78, 5) is 8.15. The molecular weight excluding hydrogens is 467 g/mol. The van der Waals surface area contributed by atoms with Crippen LogP contribution in [0.5, 0.6) is 0 Å². The number of carboxylic acids is 1. The molecule has 0 aliphatic heterocycles. The normalized spacial score (nSPS) is 39.9. The molecule has 196 valence electrons. The second-order valence-electron chi connectivity index (χ2n) is 12.8. The third-order valence-corrected chi connectivity index (χ3v) is 10.8. The maximum absolute atomic E-state index is 10.2. The molecule has 0 heterocycles. The molecule has 4 aliphatic rings. The Kier molecular flexibility index (Phi) is 9.52. The van der Waals surface area contributed by atoms with E-state index >= 15 is 0 Å². The Hall–Kier alpha value is -0.250. The molecule has 0 aromatic heterocycles. The van der Waals surface area contributed by atoms with Gasteiger partial charge in [0.25, 0.3) is 0 Å². The molecular formula is C29H48Cl2O3. The summed E-state index contributed by atoms with van der Waals surface area (Å²) in [6, 6.07) is 0. The first-order valence-electron chi connectivity index (χ1n) is 13.8. The van der Waals surface area contributed by atoms with E-state index in [4.69, 9.17) is 28.3 Å². The van der Waals surface area contributed by atoms with Gasteiger partial charge in [0.05, 0.1) is 6.10 Å². The number of aliphatic hydroxyl groups excluding tert-OH is 1. The lowest BCUT2D eigenvalue weighted by Crippen LogP contribution is -2.50. The van der Waals surface area contributed by atoms with E-state index in [1.807, 2.05) is 0 Å². The smallest absolute Gasteiger partial charge is 0.337 e. The third kappa shape index (κ3) is 5.83. The van der Waals surface area contributed by atoms with Gasteiger partial charge >= 0.3 is 5.97 Å². The first-order chi connectivity index (χ1) is 15.9. The Morgan fingerprint density at radius 3 is 2.35 bits per heavy atom. The number of hydrogen-bond acceptors (Lipinski definition) is 2. The SMILES string of the molecule is CC(C)CCCC(C)[C@H]1CC[C@H]2[C@@H]3CC=C4C[C@@H](O)CC[C@]4(C)[C@H]3CC[C@]12C.O=C(O)C(Cl)Cl. The summed E-state index contributed by atoms with van der Waals surface area (Å²) in [5, 5.41) is 17.9. The summed E-state index contributed by atoms with van der Waals surface area (Å²) in [6.45, 7) is 12.6. The van der Waals surface area contributed by atoms with E-state index < -0.39 is 10.8 Å². The lowest BCUT2D eigenvalue weighted by Gasteiger charge is -2.58. The van der Waals surface area contributed by atoms with Gasteiger partial charge < -0.3 is 10.2 Å². The van der Waals surface area contributed by atoms with Crippen LogP contribution in [0.4, 0.5) is 0 Å². The predicted octanol–water partition coefficient (Wildman–Crippen LogP) is 8.26. The van der Waals surface area contributed by atoms with Crippen molar-refractivity contribution in [1.29, 1.82) is 0 Å². The van der Waals surface area contributed by atoms with Crippen molar-refractivity contribution in [2.24, 2.45) is 46.3 Å². The number of aliphatic carboxylic acids is 1. The molecule has 0 spiro atoms. The minimum Gasteiger partial charge on any atom is -0.479 e. The topological polar surface area (TPSA) is 57.5 Å².